The molecule has 0 aliphatic heterocycles. The second kappa shape index (κ2) is 8.59. The summed E-state index contributed by atoms with van der Waals surface area (Å²) in [6, 6.07) is 0. The highest BCUT2D eigenvalue weighted by molar-refractivity contribution is 6.92. The minimum absolute atomic E-state index is 0. The van der Waals surface area contributed by atoms with Gasteiger partial charge >= 0.3 is 8.80 Å². The topological polar surface area (TPSA) is 27.7 Å². The zero-order valence-corrected chi connectivity index (χ0v) is 13.4. The van der Waals surface area contributed by atoms with E-state index in [2.05, 4.69) is 0 Å². The maximum atomic E-state index is 5.89. The van der Waals surface area contributed by atoms with Crippen molar-refractivity contribution in [2.24, 2.45) is 0 Å². The Labute approximate surface area is 104 Å². The molecule has 1 aliphatic carbocycles. The van der Waals surface area contributed by atoms with Gasteiger partial charge in [-0.2, -0.15) is 9.90 Å². The van der Waals surface area contributed by atoms with Crippen LogP contribution in [0.25, 0.3) is 0 Å². The molecule has 0 radical (unpaired) electrons. The van der Waals surface area contributed by atoms with Crippen LogP contribution in [0.5, 0.6) is 0 Å². The van der Waals surface area contributed by atoms with E-state index in [9.17, 15) is 0 Å². The Morgan fingerprint density at radius 2 is 1.25 bits per heavy atom. The molecule has 1 aliphatic rings. The summed E-state index contributed by atoms with van der Waals surface area (Å²) < 4.78 is 17.7. The summed E-state index contributed by atoms with van der Waals surface area (Å²) in [7, 11) is -2.36. The Morgan fingerprint density at radius 1 is 0.875 bits per heavy atom. The van der Waals surface area contributed by atoms with Crippen molar-refractivity contribution in [3.63, 3.8) is 0 Å². The lowest BCUT2D eigenvalue weighted by Crippen LogP contribution is -2.49. The zero-order chi connectivity index (χ0) is 11.1. The molecule has 1 unspecified atom stereocenters. The van der Waals surface area contributed by atoms with Crippen LogP contribution in [0.15, 0.2) is 0 Å². The van der Waals surface area contributed by atoms with E-state index in [1.807, 2.05) is 20.8 Å². The summed E-state index contributed by atoms with van der Waals surface area (Å²) >= 11 is 0. The molecule has 1 rings (SSSR count). The largest absolute Gasteiger partial charge is 0.504 e. The minimum Gasteiger partial charge on any atom is -0.374 e. The highest BCUT2D eigenvalue weighted by atomic mass is 31.0. The first kappa shape index (κ1) is 16.5. The Hall–Kier alpha value is 0.527. The third-order valence-corrected chi connectivity index (χ3v) is 6.54. The van der Waals surface area contributed by atoms with Gasteiger partial charge < -0.3 is 13.3 Å². The summed E-state index contributed by atoms with van der Waals surface area (Å²) in [4.78, 5) is 0. The molecule has 3 nitrogen and oxygen atoms in total. The Morgan fingerprint density at radius 3 is 1.56 bits per heavy atom. The number of hydrogen-bond donors (Lipinski definition) is 0. The fourth-order valence-electron chi connectivity index (χ4n) is 2.36. The number of hydrogen-bond acceptors (Lipinski definition) is 3. The Bertz CT molecular complexity index is 158. The second-order valence-electron chi connectivity index (χ2n) is 3.88. The van der Waals surface area contributed by atoms with E-state index in [0.29, 0.717) is 25.4 Å². The smallest absolute Gasteiger partial charge is 0.374 e. The first-order valence-corrected chi connectivity index (χ1v) is 8.01. The van der Waals surface area contributed by atoms with E-state index >= 15 is 0 Å². The van der Waals surface area contributed by atoms with Gasteiger partial charge in [-0.25, -0.2) is 0 Å². The average Bonchev–Trinajstić information content (AvgIpc) is 2.72. The van der Waals surface area contributed by atoms with Gasteiger partial charge in [0.25, 0.3) is 0 Å². The molecule has 0 amide bonds. The maximum Gasteiger partial charge on any atom is 0.504 e. The summed E-state index contributed by atoms with van der Waals surface area (Å²) in [6.07, 6.45) is 5.03. The first-order valence-electron chi connectivity index (χ1n) is 6.20. The van der Waals surface area contributed by atoms with E-state index < -0.39 is 8.80 Å². The lowest BCUT2D eigenvalue weighted by Gasteiger charge is -2.33. The summed E-state index contributed by atoms with van der Waals surface area (Å²) in [5, 5.41) is 0. The summed E-state index contributed by atoms with van der Waals surface area (Å²) in [5.41, 5.74) is 0.539. The quantitative estimate of drug-likeness (QED) is 0.523. The van der Waals surface area contributed by atoms with Crippen molar-refractivity contribution in [3.8, 4) is 0 Å². The summed E-state index contributed by atoms with van der Waals surface area (Å²) in [5.74, 6) is 0. The van der Waals surface area contributed by atoms with Crippen LogP contribution in [0.2, 0.25) is 5.54 Å². The highest BCUT2D eigenvalue weighted by Gasteiger charge is 2.49. The predicted octanol–water partition coefficient (Wildman–Crippen LogP) is 3.04. The van der Waals surface area contributed by atoms with Gasteiger partial charge in [0.15, 0.2) is 0 Å². The van der Waals surface area contributed by atoms with Crippen molar-refractivity contribution < 1.29 is 13.3 Å². The molecule has 0 heterocycles. The van der Waals surface area contributed by atoms with Crippen molar-refractivity contribution in [2.75, 3.05) is 19.8 Å². The fraction of sp³-hybridized carbons (Fsp3) is 1.00. The van der Waals surface area contributed by atoms with Crippen LogP contribution >= 0.6 is 9.90 Å². The molecule has 1 atom stereocenters. The normalized spacial score (nSPS) is 17.4. The van der Waals surface area contributed by atoms with E-state index in [-0.39, 0.29) is 9.90 Å². The molecule has 0 aromatic rings. The zero-order valence-electron chi connectivity index (χ0n) is 11.0. The Balaban J connectivity index is 0.00000225. The molecule has 0 spiro atoms. The molecule has 5 heteroatoms. The maximum absolute atomic E-state index is 5.89. The van der Waals surface area contributed by atoms with Crippen molar-refractivity contribution in [1.82, 2.24) is 0 Å². The van der Waals surface area contributed by atoms with Crippen molar-refractivity contribution in [1.29, 1.82) is 0 Å². The predicted molar refractivity (Wildman–Crippen MR) is 74.0 cm³/mol. The standard InChI is InChI=1S/C11H24O3Si.H3P/c1-4-12-15(13-5-2,14-6-3)11-9-7-8-10-11;/h11H,4-10H2,1-3H3;1H3. The van der Waals surface area contributed by atoms with Gasteiger partial charge in [0.05, 0.1) is 0 Å². The van der Waals surface area contributed by atoms with Gasteiger partial charge in [0, 0.05) is 25.4 Å². The van der Waals surface area contributed by atoms with Gasteiger partial charge in [0.2, 0.25) is 0 Å². The van der Waals surface area contributed by atoms with E-state index in [0.717, 1.165) is 0 Å². The SMILES string of the molecule is CCO[Si](OCC)(OCC)C1CCCC1.P. The molecule has 0 N–H and O–H groups in total. The molecular weight excluding hydrogens is 239 g/mol. The summed E-state index contributed by atoms with van der Waals surface area (Å²) in [6.45, 7) is 8.16. The molecule has 0 saturated heterocycles. The molecule has 1 fully saturated rings. The van der Waals surface area contributed by atoms with Crippen molar-refractivity contribution >= 4 is 18.7 Å². The fourth-order valence-corrected chi connectivity index (χ4v) is 5.64. The van der Waals surface area contributed by atoms with E-state index in [4.69, 9.17) is 13.3 Å². The second-order valence-corrected chi connectivity index (χ2v) is 6.77. The third kappa shape index (κ3) is 4.08. The molecule has 16 heavy (non-hydrogen) atoms. The van der Waals surface area contributed by atoms with Gasteiger partial charge in [-0.05, 0) is 33.6 Å². The van der Waals surface area contributed by atoms with Gasteiger partial charge in [-0.15, -0.1) is 0 Å². The average molecular weight is 266 g/mol. The van der Waals surface area contributed by atoms with Crippen LogP contribution in [-0.4, -0.2) is 28.6 Å². The van der Waals surface area contributed by atoms with Gasteiger partial charge in [-0.3, -0.25) is 0 Å². The molecule has 1 saturated carbocycles. The van der Waals surface area contributed by atoms with Crippen LogP contribution in [0.3, 0.4) is 0 Å². The van der Waals surface area contributed by atoms with Gasteiger partial charge in [0.1, 0.15) is 0 Å². The van der Waals surface area contributed by atoms with E-state index in [1.54, 1.807) is 0 Å². The molecule has 0 aromatic heterocycles. The monoisotopic (exact) mass is 266 g/mol. The van der Waals surface area contributed by atoms with Crippen LogP contribution in [0.1, 0.15) is 46.5 Å². The molecule has 0 aromatic carbocycles. The van der Waals surface area contributed by atoms with Crippen molar-refractivity contribution in [3.05, 3.63) is 0 Å². The molecule has 0 bridgehead atoms. The van der Waals surface area contributed by atoms with Crippen LogP contribution in [0.4, 0.5) is 0 Å². The lowest BCUT2D eigenvalue weighted by atomic mass is 10.4. The van der Waals surface area contributed by atoms with E-state index in [1.165, 1.54) is 25.7 Å². The lowest BCUT2D eigenvalue weighted by molar-refractivity contribution is 0.0612. The van der Waals surface area contributed by atoms with Crippen molar-refractivity contribution in [2.45, 2.75) is 52.0 Å². The van der Waals surface area contributed by atoms with Gasteiger partial charge in [-0.1, -0.05) is 12.8 Å². The highest BCUT2D eigenvalue weighted by Crippen LogP contribution is 2.40. The van der Waals surface area contributed by atoms with Crippen LogP contribution < -0.4 is 0 Å². The Kier molecular flexibility index (Phi) is 8.88. The molecule has 98 valence electrons. The third-order valence-electron chi connectivity index (χ3n) is 2.89. The van der Waals surface area contributed by atoms with Crippen LogP contribution in [-0.2, 0) is 13.3 Å². The first-order chi connectivity index (χ1) is 7.29. The number of rotatable bonds is 7. The molecular formula is C11H27O3PSi. The van der Waals surface area contributed by atoms with Crippen LogP contribution in [0, 0.1) is 0 Å². The minimum atomic E-state index is -2.36.